The summed E-state index contributed by atoms with van der Waals surface area (Å²) >= 11 is 0. The van der Waals surface area contributed by atoms with E-state index in [0.717, 1.165) is 10.1 Å². The van der Waals surface area contributed by atoms with Crippen LogP contribution in [0.5, 0.6) is 0 Å². The standard InChI is InChI=1S/C24H21FN4O3/c25-19-10-8-18(9-11-19)15-29-23(31)20-7-4-13-27-22(20)28(24(29)32)16-21(30)26-14-12-17-5-2-1-3-6-17/h1-11,13H,12,14-16H2,(H,26,30). The number of nitrogens with one attached hydrogen (secondary N) is 1. The molecule has 0 spiro atoms. The quantitative estimate of drug-likeness (QED) is 0.485. The van der Waals surface area contributed by atoms with Gasteiger partial charge < -0.3 is 5.32 Å². The van der Waals surface area contributed by atoms with E-state index >= 15 is 0 Å². The third kappa shape index (κ3) is 4.64. The summed E-state index contributed by atoms with van der Waals surface area (Å²) in [5.74, 6) is -0.768. The Morgan fingerprint density at radius 3 is 2.41 bits per heavy atom. The number of hydrogen-bond donors (Lipinski definition) is 1. The highest BCUT2D eigenvalue weighted by atomic mass is 19.1. The second kappa shape index (κ2) is 9.38. The number of hydrogen-bond acceptors (Lipinski definition) is 4. The van der Waals surface area contributed by atoms with Gasteiger partial charge in [0.2, 0.25) is 5.91 Å². The normalized spacial score (nSPS) is 10.9. The molecule has 0 fully saturated rings. The van der Waals surface area contributed by atoms with Crippen molar-refractivity contribution in [1.82, 2.24) is 19.4 Å². The van der Waals surface area contributed by atoms with E-state index in [0.29, 0.717) is 18.5 Å². The molecule has 4 aromatic rings. The van der Waals surface area contributed by atoms with Gasteiger partial charge in [-0.1, -0.05) is 42.5 Å². The molecule has 32 heavy (non-hydrogen) atoms. The molecule has 0 unspecified atom stereocenters. The Balaban J connectivity index is 1.61. The molecular formula is C24H21FN4O3. The summed E-state index contributed by atoms with van der Waals surface area (Å²) in [7, 11) is 0. The third-order valence-electron chi connectivity index (χ3n) is 5.11. The average molecular weight is 432 g/mol. The number of benzene rings is 2. The molecule has 4 rings (SSSR count). The van der Waals surface area contributed by atoms with Gasteiger partial charge in [-0.05, 0) is 41.8 Å². The molecule has 8 heteroatoms. The minimum Gasteiger partial charge on any atom is -0.354 e. The van der Waals surface area contributed by atoms with E-state index in [1.807, 2.05) is 30.3 Å². The molecular weight excluding hydrogens is 411 g/mol. The molecule has 0 saturated carbocycles. The predicted octanol–water partition coefficient (Wildman–Crippen LogP) is 2.10. The van der Waals surface area contributed by atoms with Crippen LogP contribution in [0.15, 0.2) is 82.5 Å². The molecule has 2 heterocycles. The van der Waals surface area contributed by atoms with Crippen LogP contribution in [0.2, 0.25) is 0 Å². The zero-order valence-corrected chi connectivity index (χ0v) is 17.2. The van der Waals surface area contributed by atoms with Crippen molar-refractivity contribution in [2.75, 3.05) is 6.54 Å². The first-order chi connectivity index (χ1) is 15.5. The molecule has 0 aliphatic carbocycles. The number of carbonyl (C=O) groups is 1. The van der Waals surface area contributed by atoms with Crippen LogP contribution in [0.1, 0.15) is 11.1 Å². The number of nitrogens with zero attached hydrogens (tertiary/aromatic N) is 3. The molecule has 2 aromatic heterocycles. The molecule has 2 aromatic carbocycles. The molecule has 1 amide bonds. The second-order valence-electron chi connectivity index (χ2n) is 7.35. The molecule has 7 nitrogen and oxygen atoms in total. The van der Waals surface area contributed by atoms with Crippen LogP contribution in [0.4, 0.5) is 4.39 Å². The molecule has 0 saturated heterocycles. The Morgan fingerprint density at radius 2 is 1.66 bits per heavy atom. The van der Waals surface area contributed by atoms with Gasteiger partial charge in [0.05, 0.1) is 11.9 Å². The van der Waals surface area contributed by atoms with Crippen molar-refractivity contribution >= 4 is 16.9 Å². The van der Waals surface area contributed by atoms with Gasteiger partial charge >= 0.3 is 5.69 Å². The van der Waals surface area contributed by atoms with E-state index in [4.69, 9.17) is 0 Å². The van der Waals surface area contributed by atoms with Crippen molar-refractivity contribution in [3.8, 4) is 0 Å². The number of carbonyl (C=O) groups excluding carboxylic acids is 1. The number of amides is 1. The maximum atomic E-state index is 13.2. The zero-order chi connectivity index (χ0) is 22.5. The predicted molar refractivity (Wildman–Crippen MR) is 119 cm³/mol. The molecule has 0 atom stereocenters. The molecule has 0 aliphatic heterocycles. The monoisotopic (exact) mass is 432 g/mol. The Morgan fingerprint density at radius 1 is 0.906 bits per heavy atom. The van der Waals surface area contributed by atoms with E-state index in [2.05, 4.69) is 10.3 Å². The summed E-state index contributed by atoms with van der Waals surface area (Å²) in [5, 5.41) is 3.03. The minimum absolute atomic E-state index is 0.0432. The van der Waals surface area contributed by atoms with E-state index in [9.17, 15) is 18.8 Å². The molecule has 0 bridgehead atoms. The van der Waals surface area contributed by atoms with E-state index < -0.39 is 17.1 Å². The van der Waals surface area contributed by atoms with Gasteiger partial charge in [-0.25, -0.2) is 14.2 Å². The van der Waals surface area contributed by atoms with Gasteiger partial charge in [-0.3, -0.25) is 18.7 Å². The van der Waals surface area contributed by atoms with Crippen LogP contribution in [-0.4, -0.2) is 26.6 Å². The van der Waals surface area contributed by atoms with Gasteiger partial charge in [0, 0.05) is 12.7 Å². The summed E-state index contributed by atoms with van der Waals surface area (Å²) in [5.41, 5.74) is 0.667. The fourth-order valence-electron chi connectivity index (χ4n) is 3.49. The molecule has 0 radical (unpaired) electrons. The zero-order valence-electron chi connectivity index (χ0n) is 17.2. The number of pyridine rings is 1. The van der Waals surface area contributed by atoms with Gasteiger partial charge in [0.15, 0.2) is 0 Å². The topological polar surface area (TPSA) is 86.0 Å². The van der Waals surface area contributed by atoms with E-state index in [-0.39, 0.29) is 30.0 Å². The number of rotatable bonds is 7. The van der Waals surface area contributed by atoms with Crippen LogP contribution < -0.4 is 16.6 Å². The third-order valence-corrected chi connectivity index (χ3v) is 5.11. The fourth-order valence-corrected chi connectivity index (χ4v) is 3.49. The first-order valence-electron chi connectivity index (χ1n) is 10.2. The van der Waals surface area contributed by atoms with Crippen molar-refractivity contribution in [2.24, 2.45) is 0 Å². The highest BCUT2D eigenvalue weighted by Gasteiger charge is 2.16. The number of aromatic nitrogens is 3. The van der Waals surface area contributed by atoms with Crippen LogP contribution in [0.3, 0.4) is 0 Å². The fraction of sp³-hybridized carbons (Fsp3) is 0.167. The second-order valence-corrected chi connectivity index (χ2v) is 7.35. The molecule has 0 aliphatic rings. The summed E-state index contributed by atoms with van der Waals surface area (Å²) in [6.45, 7) is 0.0986. The summed E-state index contributed by atoms with van der Waals surface area (Å²) < 4.78 is 15.5. The highest BCUT2D eigenvalue weighted by molar-refractivity contribution is 5.79. The largest absolute Gasteiger partial charge is 0.354 e. The Hall–Kier alpha value is -4.07. The van der Waals surface area contributed by atoms with Crippen LogP contribution >= 0.6 is 0 Å². The van der Waals surface area contributed by atoms with Gasteiger partial charge in [0.1, 0.15) is 18.0 Å². The van der Waals surface area contributed by atoms with E-state index in [1.165, 1.54) is 35.0 Å². The Labute approximate surface area is 182 Å². The van der Waals surface area contributed by atoms with Crippen LogP contribution in [0.25, 0.3) is 11.0 Å². The van der Waals surface area contributed by atoms with Crippen molar-refractivity contribution in [1.29, 1.82) is 0 Å². The SMILES string of the molecule is O=C(Cn1c(=O)n(Cc2ccc(F)cc2)c(=O)c2cccnc21)NCCc1ccccc1. The summed E-state index contributed by atoms with van der Waals surface area (Å²) in [4.78, 5) is 42.8. The maximum absolute atomic E-state index is 13.2. The van der Waals surface area contributed by atoms with Gasteiger partial charge in [0.25, 0.3) is 5.56 Å². The van der Waals surface area contributed by atoms with E-state index in [1.54, 1.807) is 12.1 Å². The smallest absolute Gasteiger partial charge is 0.333 e. The van der Waals surface area contributed by atoms with Gasteiger partial charge in [-0.15, -0.1) is 0 Å². The lowest BCUT2D eigenvalue weighted by atomic mass is 10.1. The minimum atomic E-state index is -0.649. The maximum Gasteiger partial charge on any atom is 0.333 e. The number of fused-ring (bicyclic) bond motifs is 1. The lowest BCUT2D eigenvalue weighted by molar-refractivity contribution is -0.121. The van der Waals surface area contributed by atoms with Crippen molar-refractivity contribution < 1.29 is 9.18 Å². The lowest BCUT2D eigenvalue weighted by Crippen LogP contribution is -2.43. The molecule has 162 valence electrons. The van der Waals surface area contributed by atoms with Crippen molar-refractivity contribution in [2.45, 2.75) is 19.5 Å². The summed E-state index contributed by atoms with van der Waals surface area (Å²) in [6.07, 6.45) is 2.12. The number of halogens is 1. The van der Waals surface area contributed by atoms with Crippen molar-refractivity contribution in [3.63, 3.8) is 0 Å². The lowest BCUT2D eigenvalue weighted by Gasteiger charge is -2.13. The Kier molecular flexibility index (Phi) is 6.21. The average Bonchev–Trinajstić information content (AvgIpc) is 2.81. The summed E-state index contributed by atoms with van der Waals surface area (Å²) in [6, 6.07) is 18.4. The van der Waals surface area contributed by atoms with Crippen LogP contribution in [-0.2, 0) is 24.3 Å². The molecule has 1 N–H and O–H groups in total. The Bertz CT molecular complexity index is 1360. The first-order valence-corrected chi connectivity index (χ1v) is 10.2. The van der Waals surface area contributed by atoms with Gasteiger partial charge in [-0.2, -0.15) is 0 Å². The van der Waals surface area contributed by atoms with Crippen molar-refractivity contribution in [3.05, 3.63) is 111 Å². The highest BCUT2D eigenvalue weighted by Crippen LogP contribution is 2.07. The van der Waals surface area contributed by atoms with Crippen LogP contribution in [0, 0.1) is 5.82 Å². The first kappa shape index (κ1) is 21.2.